The molecule has 0 spiro atoms. The monoisotopic (exact) mass is 395 g/mol. The number of alkyl halides is 3. The van der Waals surface area contributed by atoms with Crippen LogP contribution in [0.5, 0.6) is 0 Å². The molecule has 0 aromatic rings. The Kier molecular flexibility index (Phi) is 7.91. The number of amides is 1. The SMILES string of the molecule is COC(=O)[C@@](NC(=O)CCC1CCCCC1)([NH2+]C[C@H]1CCCO1)C(F)(F)F. The lowest BCUT2D eigenvalue weighted by molar-refractivity contribution is -0.747. The molecule has 1 saturated carbocycles. The molecule has 1 aliphatic heterocycles. The Morgan fingerprint density at radius 2 is 1.85 bits per heavy atom. The van der Waals surface area contributed by atoms with Crippen LogP contribution in [0.3, 0.4) is 0 Å². The lowest BCUT2D eigenvalue weighted by Crippen LogP contribution is -3.07. The van der Waals surface area contributed by atoms with Crippen LogP contribution in [0.4, 0.5) is 13.2 Å². The molecule has 156 valence electrons. The fraction of sp³-hybridized carbons (Fsp3) is 0.889. The number of esters is 1. The molecule has 3 N–H and O–H groups in total. The minimum absolute atomic E-state index is 0.0345. The third kappa shape index (κ3) is 5.81. The van der Waals surface area contributed by atoms with Gasteiger partial charge in [0.15, 0.2) is 0 Å². The highest BCUT2D eigenvalue weighted by atomic mass is 19.4. The van der Waals surface area contributed by atoms with Crippen LogP contribution in [0.2, 0.25) is 0 Å². The molecule has 2 fully saturated rings. The maximum Gasteiger partial charge on any atom is 0.478 e. The quantitative estimate of drug-likeness (QED) is 0.484. The summed E-state index contributed by atoms with van der Waals surface area (Å²) in [5.74, 6) is -1.95. The highest BCUT2D eigenvalue weighted by molar-refractivity contribution is 5.87. The van der Waals surface area contributed by atoms with Crippen LogP contribution in [0, 0.1) is 5.92 Å². The van der Waals surface area contributed by atoms with Gasteiger partial charge in [-0.15, -0.1) is 0 Å². The highest BCUT2D eigenvalue weighted by Crippen LogP contribution is 2.29. The second-order valence-electron chi connectivity index (χ2n) is 7.46. The number of carbonyl (C=O) groups excluding carboxylic acids is 2. The van der Waals surface area contributed by atoms with E-state index < -0.39 is 23.7 Å². The first-order chi connectivity index (χ1) is 12.8. The van der Waals surface area contributed by atoms with E-state index in [0.717, 1.165) is 44.5 Å². The Bertz CT molecular complexity index is 503. The molecule has 1 amide bonds. The first-order valence-electron chi connectivity index (χ1n) is 9.70. The van der Waals surface area contributed by atoms with Gasteiger partial charge in [-0.3, -0.25) is 10.1 Å². The van der Waals surface area contributed by atoms with Crippen LogP contribution in [0.1, 0.15) is 57.8 Å². The van der Waals surface area contributed by atoms with Crippen molar-refractivity contribution in [2.45, 2.75) is 75.7 Å². The zero-order chi connectivity index (χ0) is 19.9. The number of methoxy groups -OCH3 is 1. The average Bonchev–Trinajstić information content (AvgIpc) is 3.16. The molecule has 0 unspecified atom stereocenters. The maximum absolute atomic E-state index is 13.9. The predicted molar refractivity (Wildman–Crippen MR) is 90.5 cm³/mol. The van der Waals surface area contributed by atoms with E-state index in [4.69, 9.17) is 4.74 Å². The number of nitrogens with one attached hydrogen (secondary N) is 1. The van der Waals surface area contributed by atoms with Crippen molar-refractivity contribution in [2.75, 3.05) is 20.3 Å². The van der Waals surface area contributed by atoms with Crippen molar-refractivity contribution in [3.05, 3.63) is 0 Å². The summed E-state index contributed by atoms with van der Waals surface area (Å²) in [6, 6.07) is 0. The van der Waals surface area contributed by atoms with E-state index in [1.165, 1.54) is 6.42 Å². The molecule has 0 aromatic heterocycles. The van der Waals surface area contributed by atoms with E-state index in [2.05, 4.69) is 4.74 Å². The summed E-state index contributed by atoms with van der Waals surface area (Å²) in [5, 5.41) is 2.73. The summed E-state index contributed by atoms with van der Waals surface area (Å²) >= 11 is 0. The number of hydrogen-bond acceptors (Lipinski definition) is 4. The molecule has 0 aromatic carbocycles. The van der Waals surface area contributed by atoms with E-state index in [9.17, 15) is 22.8 Å². The van der Waals surface area contributed by atoms with Crippen molar-refractivity contribution in [1.29, 1.82) is 0 Å². The van der Waals surface area contributed by atoms with Crippen LogP contribution < -0.4 is 10.6 Å². The third-order valence-electron chi connectivity index (χ3n) is 5.51. The second kappa shape index (κ2) is 9.73. The van der Waals surface area contributed by atoms with E-state index in [0.29, 0.717) is 25.4 Å². The van der Waals surface area contributed by atoms with E-state index in [1.807, 2.05) is 5.32 Å². The first-order valence-corrected chi connectivity index (χ1v) is 9.70. The summed E-state index contributed by atoms with van der Waals surface area (Å²) < 4.78 is 51.3. The topological polar surface area (TPSA) is 81.2 Å². The molecule has 0 bridgehead atoms. The van der Waals surface area contributed by atoms with Gasteiger partial charge in [-0.2, -0.15) is 13.2 Å². The van der Waals surface area contributed by atoms with Crippen molar-refractivity contribution in [3.63, 3.8) is 0 Å². The number of halogens is 3. The number of carbonyl (C=O) groups is 2. The molecule has 9 heteroatoms. The Hall–Kier alpha value is -1.35. The molecule has 2 rings (SSSR count). The summed E-state index contributed by atoms with van der Waals surface area (Å²) in [4.78, 5) is 24.4. The molecule has 1 heterocycles. The zero-order valence-electron chi connectivity index (χ0n) is 15.8. The van der Waals surface area contributed by atoms with Crippen molar-refractivity contribution in [1.82, 2.24) is 5.32 Å². The van der Waals surface area contributed by atoms with Crippen LogP contribution in [-0.4, -0.2) is 50.1 Å². The fourth-order valence-corrected chi connectivity index (χ4v) is 3.88. The Labute approximate surface area is 157 Å². The standard InChI is InChI=1S/C18H29F3N2O4/c1-26-16(25)17(18(19,20)21,22-12-14-8-5-11-27-14)23-15(24)10-9-13-6-3-2-4-7-13/h13-14,22H,2-12H2,1H3,(H,23,24)/p+1/t14-,17+/m1/s1. The minimum Gasteiger partial charge on any atom is -0.463 e. The van der Waals surface area contributed by atoms with E-state index >= 15 is 0 Å². The van der Waals surface area contributed by atoms with Gasteiger partial charge >= 0.3 is 17.8 Å². The Morgan fingerprint density at radius 1 is 1.15 bits per heavy atom. The summed E-state index contributed by atoms with van der Waals surface area (Å²) in [6.07, 6.45) is 1.87. The normalized spacial score (nSPS) is 23.6. The van der Waals surface area contributed by atoms with Gasteiger partial charge in [-0.25, -0.2) is 4.79 Å². The molecule has 2 atom stereocenters. The highest BCUT2D eigenvalue weighted by Gasteiger charge is 2.67. The van der Waals surface area contributed by atoms with Crippen molar-refractivity contribution in [2.24, 2.45) is 5.92 Å². The molecule has 1 saturated heterocycles. The van der Waals surface area contributed by atoms with Crippen LogP contribution in [0.25, 0.3) is 0 Å². The third-order valence-corrected chi connectivity index (χ3v) is 5.51. The Morgan fingerprint density at radius 3 is 2.41 bits per heavy atom. The van der Waals surface area contributed by atoms with Crippen LogP contribution >= 0.6 is 0 Å². The van der Waals surface area contributed by atoms with Gasteiger partial charge < -0.3 is 14.8 Å². The number of quaternary nitrogens is 1. The number of nitrogens with two attached hydrogens (primary N) is 1. The van der Waals surface area contributed by atoms with Gasteiger partial charge in [0.25, 0.3) is 0 Å². The van der Waals surface area contributed by atoms with Gasteiger partial charge in [0.2, 0.25) is 5.91 Å². The van der Waals surface area contributed by atoms with Crippen molar-refractivity contribution in [3.8, 4) is 0 Å². The molecule has 6 nitrogen and oxygen atoms in total. The largest absolute Gasteiger partial charge is 0.478 e. The Balaban J connectivity index is 2.04. The molecule has 27 heavy (non-hydrogen) atoms. The van der Waals surface area contributed by atoms with Gasteiger partial charge in [-0.1, -0.05) is 32.1 Å². The van der Waals surface area contributed by atoms with Gasteiger partial charge in [0.05, 0.1) is 7.11 Å². The lowest BCUT2D eigenvalue weighted by atomic mass is 9.86. The maximum atomic E-state index is 13.9. The lowest BCUT2D eigenvalue weighted by Gasteiger charge is -2.32. The summed E-state index contributed by atoms with van der Waals surface area (Å²) in [6.45, 7) is 0.404. The molecule has 1 aliphatic carbocycles. The number of hydrogen-bond donors (Lipinski definition) is 2. The van der Waals surface area contributed by atoms with E-state index in [1.54, 1.807) is 0 Å². The second-order valence-corrected chi connectivity index (χ2v) is 7.46. The molecular formula is C18H30F3N2O4+. The van der Waals surface area contributed by atoms with Crippen molar-refractivity contribution < 1.29 is 37.6 Å². The zero-order valence-corrected chi connectivity index (χ0v) is 15.8. The fourth-order valence-electron chi connectivity index (χ4n) is 3.88. The van der Waals surface area contributed by atoms with Gasteiger partial charge in [0, 0.05) is 13.0 Å². The van der Waals surface area contributed by atoms with Crippen LogP contribution in [-0.2, 0) is 19.1 Å². The first kappa shape index (κ1) is 21.9. The van der Waals surface area contributed by atoms with Crippen LogP contribution in [0.15, 0.2) is 0 Å². The molecular weight excluding hydrogens is 365 g/mol. The number of ether oxygens (including phenoxy) is 2. The summed E-state index contributed by atoms with van der Waals surface area (Å²) in [7, 11) is 0.886. The minimum atomic E-state index is -5.00. The predicted octanol–water partition coefficient (Wildman–Crippen LogP) is 1.64. The van der Waals surface area contributed by atoms with Gasteiger partial charge in [0.1, 0.15) is 12.6 Å². The average molecular weight is 395 g/mol. The summed E-state index contributed by atoms with van der Waals surface area (Å²) in [5.41, 5.74) is -3.14. The molecule has 2 aliphatic rings. The van der Waals surface area contributed by atoms with Gasteiger partial charge in [-0.05, 0) is 25.2 Å². The van der Waals surface area contributed by atoms with Crippen molar-refractivity contribution >= 4 is 11.9 Å². The van der Waals surface area contributed by atoms with E-state index in [-0.39, 0.29) is 19.1 Å². The smallest absolute Gasteiger partial charge is 0.463 e. The molecule has 0 radical (unpaired) electrons. The number of rotatable bonds is 8.